The van der Waals surface area contributed by atoms with Crippen LogP contribution in [0.4, 0.5) is 5.69 Å². The molecular weight excluding hydrogens is 374 g/mol. The summed E-state index contributed by atoms with van der Waals surface area (Å²) in [6, 6.07) is 8.09. The van der Waals surface area contributed by atoms with Crippen molar-refractivity contribution in [2.45, 2.75) is 38.3 Å². The quantitative estimate of drug-likeness (QED) is 0.414. The molecule has 1 atom stereocenters. The highest BCUT2D eigenvalue weighted by molar-refractivity contribution is 5.93. The third-order valence-electron chi connectivity index (χ3n) is 6.10. The Morgan fingerprint density at radius 2 is 2.07 bits per heavy atom. The fraction of sp³-hybridized carbons (Fsp3) is 0.286. The molecule has 0 unspecified atom stereocenters. The summed E-state index contributed by atoms with van der Waals surface area (Å²) in [6.07, 6.45) is 0.617. The summed E-state index contributed by atoms with van der Waals surface area (Å²) in [5, 5.41) is 22.8. The Kier molecular flexibility index (Phi) is 3.54. The molecule has 2 aliphatic rings. The maximum Gasteiger partial charge on any atom is 0.278 e. The number of ketones is 1. The van der Waals surface area contributed by atoms with Crippen LogP contribution in [0.2, 0.25) is 0 Å². The second-order valence-electron chi connectivity index (χ2n) is 7.55. The van der Waals surface area contributed by atoms with Crippen molar-refractivity contribution in [2.75, 3.05) is 0 Å². The van der Waals surface area contributed by atoms with Gasteiger partial charge in [-0.3, -0.25) is 19.7 Å². The topological polar surface area (TPSA) is 115 Å². The summed E-state index contributed by atoms with van der Waals surface area (Å²) < 4.78 is 1.58. The summed E-state index contributed by atoms with van der Waals surface area (Å²) in [5.41, 5.74) is 1.12. The predicted molar refractivity (Wildman–Crippen MR) is 105 cm³/mol. The molecule has 8 nitrogen and oxygen atoms in total. The van der Waals surface area contributed by atoms with E-state index < -0.39 is 10.5 Å². The number of carbonyl (C=O) groups is 1. The van der Waals surface area contributed by atoms with Crippen LogP contribution < -0.4 is 5.56 Å². The van der Waals surface area contributed by atoms with Crippen LogP contribution >= 0.6 is 0 Å². The van der Waals surface area contributed by atoms with Crippen molar-refractivity contribution in [2.24, 2.45) is 0 Å². The Hall–Kier alpha value is -3.39. The molecule has 2 aromatic heterocycles. The summed E-state index contributed by atoms with van der Waals surface area (Å²) in [6.45, 7) is 1.97. The number of nitro groups is 1. The van der Waals surface area contributed by atoms with E-state index in [1.807, 2.05) is 0 Å². The number of carbonyl (C=O) groups excluding carboxylic acids is 1. The van der Waals surface area contributed by atoms with Crippen molar-refractivity contribution < 1.29 is 14.8 Å². The van der Waals surface area contributed by atoms with Crippen LogP contribution in [0, 0.1) is 10.1 Å². The van der Waals surface area contributed by atoms with E-state index in [1.54, 1.807) is 35.8 Å². The molecule has 5 rings (SSSR count). The van der Waals surface area contributed by atoms with E-state index >= 15 is 0 Å². The van der Waals surface area contributed by atoms with Crippen molar-refractivity contribution in [3.8, 4) is 11.4 Å². The van der Waals surface area contributed by atoms with Gasteiger partial charge in [0.25, 0.3) is 11.2 Å². The second-order valence-corrected chi connectivity index (χ2v) is 7.55. The Labute approximate surface area is 164 Å². The van der Waals surface area contributed by atoms with E-state index in [0.29, 0.717) is 45.4 Å². The van der Waals surface area contributed by atoms with Crippen molar-refractivity contribution in [1.29, 1.82) is 0 Å². The predicted octanol–water partition coefficient (Wildman–Crippen LogP) is 2.45. The fourth-order valence-electron chi connectivity index (χ4n) is 4.53. The summed E-state index contributed by atoms with van der Waals surface area (Å²) in [5.74, 6) is -0.280. The van der Waals surface area contributed by atoms with E-state index in [2.05, 4.69) is 4.98 Å². The lowest BCUT2D eigenvalue weighted by Crippen LogP contribution is -2.43. The standard InChI is InChI=1S/C21H17N3O5/c1-2-21(27)14-9-17-19-11(10-23(17)20(26)12(14)6-7-18(21)25)8-13-15(22-19)4-3-5-16(13)24(28)29/h3-5,8-9,27H,2,6-7,10H2,1H3/t21-/m0/s1. The fourth-order valence-corrected chi connectivity index (χ4v) is 4.53. The Morgan fingerprint density at radius 3 is 2.79 bits per heavy atom. The van der Waals surface area contributed by atoms with Crippen LogP contribution in [-0.2, 0) is 23.4 Å². The molecule has 0 fully saturated rings. The molecule has 29 heavy (non-hydrogen) atoms. The zero-order chi connectivity index (χ0) is 20.5. The van der Waals surface area contributed by atoms with Crippen LogP contribution in [-0.4, -0.2) is 25.4 Å². The monoisotopic (exact) mass is 391 g/mol. The minimum atomic E-state index is -1.67. The van der Waals surface area contributed by atoms with Crippen molar-refractivity contribution in [3.05, 3.63) is 67.5 Å². The number of benzene rings is 1. The van der Waals surface area contributed by atoms with Gasteiger partial charge < -0.3 is 9.67 Å². The Morgan fingerprint density at radius 1 is 1.28 bits per heavy atom. The van der Waals surface area contributed by atoms with Gasteiger partial charge in [0, 0.05) is 29.2 Å². The lowest BCUT2D eigenvalue weighted by molar-refractivity contribution is -0.383. The first kappa shape index (κ1) is 17.7. The third-order valence-corrected chi connectivity index (χ3v) is 6.10. The number of aliphatic hydroxyl groups is 1. The maximum absolute atomic E-state index is 13.2. The molecule has 1 aromatic carbocycles. The molecule has 0 spiro atoms. The van der Waals surface area contributed by atoms with Gasteiger partial charge in [-0.15, -0.1) is 0 Å². The van der Waals surface area contributed by atoms with E-state index in [9.17, 15) is 24.8 Å². The summed E-state index contributed by atoms with van der Waals surface area (Å²) in [4.78, 5) is 41.1. The van der Waals surface area contributed by atoms with Gasteiger partial charge in [0.1, 0.15) is 5.60 Å². The van der Waals surface area contributed by atoms with E-state index in [-0.39, 0.29) is 36.4 Å². The number of fused-ring (bicyclic) bond motifs is 5. The van der Waals surface area contributed by atoms with Crippen molar-refractivity contribution >= 4 is 22.4 Å². The van der Waals surface area contributed by atoms with Crippen LogP contribution in [0.15, 0.2) is 35.1 Å². The second kappa shape index (κ2) is 5.81. The van der Waals surface area contributed by atoms with Gasteiger partial charge in [-0.05, 0) is 31.0 Å². The first-order valence-electron chi connectivity index (χ1n) is 9.45. The van der Waals surface area contributed by atoms with E-state index in [4.69, 9.17) is 0 Å². The molecule has 1 N–H and O–H groups in total. The number of nitrogens with zero attached hydrogens (tertiary/aromatic N) is 3. The highest BCUT2D eigenvalue weighted by Crippen LogP contribution is 2.39. The molecule has 8 heteroatoms. The van der Waals surface area contributed by atoms with Crippen molar-refractivity contribution in [3.63, 3.8) is 0 Å². The molecule has 0 bridgehead atoms. The lowest BCUT2D eigenvalue weighted by atomic mass is 9.77. The van der Waals surface area contributed by atoms with Crippen LogP contribution in [0.1, 0.15) is 36.5 Å². The smallest absolute Gasteiger partial charge is 0.278 e. The van der Waals surface area contributed by atoms with E-state index in [1.165, 1.54) is 6.07 Å². The number of non-ortho nitro benzene ring substituents is 1. The van der Waals surface area contributed by atoms with Gasteiger partial charge in [-0.25, -0.2) is 4.98 Å². The molecule has 0 radical (unpaired) electrons. The molecule has 1 aliphatic carbocycles. The summed E-state index contributed by atoms with van der Waals surface area (Å²) in [7, 11) is 0. The molecule has 1 aliphatic heterocycles. The molecule has 0 saturated heterocycles. The Balaban J connectivity index is 1.79. The molecule has 0 amide bonds. The van der Waals surface area contributed by atoms with E-state index in [0.717, 1.165) is 0 Å². The highest BCUT2D eigenvalue weighted by Gasteiger charge is 2.43. The number of pyridine rings is 2. The van der Waals surface area contributed by atoms with Crippen LogP contribution in [0.3, 0.4) is 0 Å². The first-order chi connectivity index (χ1) is 13.8. The minimum absolute atomic E-state index is 0.0358. The number of nitro benzene ring substituents is 1. The summed E-state index contributed by atoms with van der Waals surface area (Å²) >= 11 is 0. The van der Waals surface area contributed by atoms with Gasteiger partial charge in [0.05, 0.1) is 33.8 Å². The third kappa shape index (κ3) is 2.26. The number of aromatic nitrogens is 2. The van der Waals surface area contributed by atoms with Crippen LogP contribution in [0.25, 0.3) is 22.3 Å². The van der Waals surface area contributed by atoms with Crippen molar-refractivity contribution in [1.82, 2.24) is 9.55 Å². The first-order valence-corrected chi connectivity index (χ1v) is 9.45. The van der Waals surface area contributed by atoms with Gasteiger partial charge >= 0.3 is 0 Å². The number of rotatable bonds is 2. The van der Waals surface area contributed by atoms with Gasteiger partial charge in [-0.1, -0.05) is 13.0 Å². The van der Waals surface area contributed by atoms with Crippen LogP contribution in [0.5, 0.6) is 0 Å². The van der Waals surface area contributed by atoms with Gasteiger partial charge in [0.15, 0.2) is 5.78 Å². The Bertz CT molecular complexity index is 1310. The molecule has 3 aromatic rings. The molecule has 146 valence electrons. The SMILES string of the molecule is CC[C@@]1(O)C(=O)CCc2c1cc1n(c2=O)Cc2cc3c([N+](=O)[O-])cccc3nc2-1. The van der Waals surface area contributed by atoms with Gasteiger partial charge in [0.2, 0.25) is 0 Å². The number of hydrogen-bond acceptors (Lipinski definition) is 6. The minimum Gasteiger partial charge on any atom is -0.377 e. The average Bonchev–Trinajstić information content (AvgIpc) is 3.07. The number of hydrogen-bond donors (Lipinski definition) is 1. The normalized spacial score (nSPS) is 19.7. The average molecular weight is 391 g/mol. The molecular formula is C21H17N3O5. The largest absolute Gasteiger partial charge is 0.377 e. The zero-order valence-electron chi connectivity index (χ0n) is 15.6. The number of Topliss-reactive ketones (excluding diaryl/α,β-unsaturated/α-hetero) is 1. The molecule has 3 heterocycles. The molecule has 0 saturated carbocycles. The highest BCUT2D eigenvalue weighted by atomic mass is 16.6. The lowest BCUT2D eigenvalue weighted by Gasteiger charge is -2.32. The van der Waals surface area contributed by atoms with Gasteiger partial charge in [-0.2, -0.15) is 0 Å². The maximum atomic E-state index is 13.2. The zero-order valence-corrected chi connectivity index (χ0v) is 15.6.